The van der Waals surface area contributed by atoms with Crippen molar-refractivity contribution >= 4 is 27.4 Å². The summed E-state index contributed by atoms with van der Waals surface area (Å²) in [6, 6.07) is 0.168. The van der Waals surface area contributed by atoms with Crippen molar-refractivity contribution in [3.05, 3.63) is 17.3 Å². The van der Waals surface area contributed by atoms with Crippen LogP contribution in [0, 0.1) is 12.8 Å². The number of thiophene rings is 1. The van der Waals surface area contributed by atoms with Gasteiger partial charge in [-0.1, -0.05) is 26.7 Å². The van der Waals surface area contributed by atoms with E-state index in [9.17, 15) is 0 Å². The van der Waals surface area contributed by atoms with Crippen LogP contribution in [0.2, 0.25) is 0 Å². The van der Waals surface area contributed by atoms with Crippen molar-refractivity contribution in [2.24, 2.45) is 11.7 Å². The molecule has 1 unspecified atom stereocenters. The highest BCUT2D eigenvalue weighted by Gasteiger charge is 2.15. The monoisotopic (exact) mass is 278 g/mol. The zero-order chi connectivity index (χ0) is 13.8. The number of nitrogens with one attached hydrogen (secondary N) is 1. The lowest BCUT2D eigenvalue weighted by molar-refractivity contribution is 0.407. The molecule has 0 aliphatic rings. The maximum absolute atomic E-state index is 6.23. The summed E-state index contributed by atoms with van der Waals surface area (Å²) in [5.74, 6) is 1.47. The molecule has 2 aromatic heterocycles. The fourth-order valence-electron chi connectivity index (χ4n) is 2.37. The van der Waals surface area contributed by atoms with E-state index < -0.39 is 0 Å². The second kappa shape index (κ2) is 6.30. The zero-order valence-corrected chi connectivity index (χ0v) is 12.6. The number of anilines is 1. The summed E-state index contributed by atoms with van der Waals surface area (Å²) in [4.78, 5) is 8.66. The first-order valence-electron chi connectivity index (χ1n) is 6.85. The lowest BCUT2D eigenvalue weighted by Gasteiger charge is -2.21. The number of aromatic nitrogens is 2. The maximum atomic E-state index is 6.23. The number of fused-ring (bicyclic) bond motifs is 1. The Morgan fingerprint density at radius 3 is 2.74 bits per heavy atom. The lowest BCUT2D eigenvalue weighted by Crippen LogP contribution is -2.36. The molecule has 0 saturated heterocycles. The number of nitrogens with zero attached hydrogens (tertiary/aromatic N) is 2. The molecular formula is C14H22N4S. The second-order valence-corrected chi connectivity index (χ2v) is 5.82. The van der Waals surface area contributed by atoms with Crippen LogP contribution in [-0.4, -0.2) is 22.6 Å². The topological polar surface area (TPSA) is 63.8 Å². The van der Waals surface area contributed by atoms with Gasteiger partial charge in [-0.3, -0.25) is 0 Å². The first kappa shape index (κ1) is 14.2. The molecule has 2 heterocycles. The largest absolute Gasteiger partial charge is 0.367 e. The van der Waals surface area contributed by atoms with Crippen LogP contribution < -0.4 is 11.1 Å². The summed E-state index contributed by atoms with van der Waals surface area (Å²) in [6.07, 6.45) is 3.86. The summed E-state index contributed by atoms with van der Waals surface area (Å²) in [5, 5.41) is 5.50. The van der Waals surface area contributed by atoms with Gasteiger partial charge in [0, 0.05) is 12.6 Å². The SMILES string of the molecule is CCC(CC)C(N)CNc1ncnc2c(C)csc12. The van der Waals surface area contributed by atoms with Gasteiger partial charge in [0.1, 0.15) is 12.1 Å². The number of hydrogen-bond donors (Lipinski definition) is 2. The Balaban J connectivity index is 2.09. The first-order valence-corrected chi connectivity index (χ1v) is 7.73. The van der Waals surface area contributed by atoms with Gasteiger partial charge in [-0.15, -0.1) is 11.3 Å². The van der Waals surface area contributed by atoms with E-state index in [1.807, 2.05) is 0 Å². The number of rotatable bonds is 6. The zero-order valence-electron chi connectivity index (χ0n) is 11.8. The molecule has 0 aliphatic carbocycles. The minimum absolute atomic E-state index is 0.168. The van der Waals surface area contributed by atoms with Gasteiger partial charge in [-0.2, -0.15) is 0 Å². The fourth-order valence-corrected chi connectivity index (χ4v) is 3.34. The Morgan fingerprint density at radius 1 is 1.32 bits per heavy atom. The van der Waals surface area contributed by atoms with Crippen LogP contribution >= 0.6 is 11.3 Å². The first-order chi connectivity index (χ1) is 9.17. The van der Waals surface area contributed by atoms with E-state index in [-0.39, 0.29) is 6.04 Å². The predicted octanol–water partition coefficient (Wildman–Crippen LogP) is 3.18. The van der Waals surface area contributed by atoms with E-state index >= 15 is 0 Å². The highest BCUT2D eigenvalue weighted by Crippen LogP contribution is 2.28. The van der Waals surface area contributed by atoms with Crippen LogP contribution in [0.3, 0.4) is 0 Å². The highest BCUT2D eigenvalue weighted by atomic mass is 32.1. The molecule has 0 bridgehead atoms. The van der Waals surface area contributed by atoms with Crippen LogP contribution in [0.5, 0.6) is 0 Å². The average molecular weight is 278 g/mol. The Hall–Kier alpha value is -1.20. The fraction of sp³-hybridized carbons (Fsp3) is 0.571. The van der Waals surface area contributed by atoms with Gasteiger partial charge in [0.15, 0.2) is 0 Å². The molecular weight excluding hydrogens is 256 g/mol. The maximum Gasteiger partial charge on any atom is 0.147 e. The Morgan fingerprint density at radius 2 is 2.05 bits per heavy atom. The summed E-state index contributed by atoms with van der Waals surface area (Å²) in [5.41, 5.74) is 8.48. The van der Waals surface area contributed by atoms with E-state index in [4.69, 9.17) is 5.73 Å². The van der Waals surface area contributed by atoms with Crippen LogP contribution in [0.4, 0.5) is 5.82 Å². The Bertz CT molecular complexity index is 533. The van der Waals surface area contributed by atoms with Gasteiger partial charge in [0.25, 0.3) is 0 Å². The van der Waals surface area contributed by atoms with Crippen molar-refractivity contribution in [2.45, 2.75) is 39.7 Å². The van der Waals surface area contributed by atoms with Crippen molar-refractivity contribution < 1.29 is 0 Å². The molecule has 2 rings (SSSR count). The molecule has 5 heteroatoms. The Kier molecular flexibility index (Phi) is 4.71. The summed E-state index contributed by atoms with van der Waals surface area (Å²) in [6.45, 7) is 7.22. The number of hydrogen-bond acceptors (Lipinski definition) is 5. The van der Waals surface area contributed by atoms with Crippen LogP contribution in [0.15, 0.2) is 11.7 Å². The van der Waals surface area contributed by atoms with Crippen LogP contribution in [0.25, 0.3) is 10.2 Å². The van der Waals surface area contributed by atoms with Crippen LogP contribution in [-0.2, 0) is 0 Å². The van der Waals surface area contributed by atoms with E-state index in [2.05, 4.69) is 41.4 Å². The quantitative estimate of drug-likeness (QED) is 0.852. The van der Waals surface area contributed by atoms with E-state index in [1.165, 1.54) is 5.56 Å². The minimum Gasteiger partial charge on any atom is -0.367 e. The summed E-state index contributed by atoms with van der Waals surface area (Å²) in [7, 11) is 0. The van der Waals surface area contributed by atoms with Gasteiger partial charge >= 0.3 is 0 Å². The van der Waals surface area contributed by atoms with Crippen molar-refractivity contribution in [2.75, 3.05) is 11.9 Å². The van der Waals surface area contributed by atoms with Gasteiger partial charge in [-0.25, -0.2) is 9.97 Å². The third-order valence-corrected chi connectivity index (χ3v) is 4.78. The molecule has 19 heavy (non-hydrogen) atoms. The molecule has 0 amide bonds. The van der Waals surface area contributed by atoms with E-state index in [0.29, 0.717) is 5.92 Å². The normalized spacial score (nSPS) is 13.1. The third kappa shape index (κ3) is 3.04. The summed E-state index contributed by atoms with van der Waals surface area (Å²) < 4.78 is 1.12. The molecule has 2 aromatic rings. The van der Waals surface area contributed by atoms with Gasteiger partial charge in [0.2, 0.25) is 0 Å². The second-order valence-electron chi connectivity index (χ2n) is 4.94. The van der Waals surface area contributed by atoms with Crippen molar-refractivity contribution in [3.63, 3.8) is 0 Å². The van der Waals surface area contributed by atoms with Crippen LogP contribution in [0.1, 0.15) is 32.3 Å². The predicted molar refractivity (Wildman–Crippen MR) is 82.7 cm³/mol. The smallest absolute Gasteiger partial charge is 0.147 e. The molecule has 3 N–H and O–H groups in total. The van der Waals surface area contributed by atoms with E-state index in [1.54, 1.807) is 17.7 Å². The van der Waals surface area contributed by atoms with Crippen molar-refractivity contribution in [1.82, 2.24) is 9.97 Å². The van der Waals surface area contributed by atoms with Gasteiger partial charge in [0.05, 0.1) is 10.2 Å². The highest BCUT2D eigenvalue weighted by molar-refractivity contribution is 7.18. The molecule has 104 valence electrons. The molecule has 0 spiro atoms. The molecule has 0 radical (unpaired) electrons. The van der Waals surface area contributed by atoms with Crippen molar-refractivity contribution in [1.29, 1.82) is 0 Å². The number of nitrogens with two attached hydrogens (primary N) is 1. The standard InChI is InChI=1S/C14H22N4S/c1-4-10(5-2)11(15)6-16-14-13-12(17-8-18-14)9(3)7-19-13/h7-8,10-11H,4-6,15H2,1-3H3,(H,16,17,18). The van der Waals surface area contributed by atoms with E-state index in [0.717, 1.165) is 35.4 Å². The lowest BCUT2D eigenvalue weighted by atomic mass is 9.95. The minimum atomic E-state index is 0.168. The van der Waals surface area contributed by atoms with Gasteiger partial charge in [-0.05, 0) is 23.8 Å². The molecule has 0 fully saturated rings. The van der Waals surface area contributed by atoms with Gasteiger partial charge < -0.3 is 11.1 Å². The van der Waals surface area contributed by atoms with Crippen molar-refractivity contribution in [3.8, 4) is 0 Å². The molecule has 0 aromatic carbocycles. The molecule has 0 aliphatic heterocycles. The molecule has 4 nitrogen and oxygen atoms in total. The average Bonchev–Trinajstić information content (AvgIpc) is 2.80. The number of aryl methyl sites for hydroxylation is 1. The molecule has 0 saturated carbocycles. The summed E-state index contributed by atoms with van der Waals surface area (Å²) >= 11 is 1.68. The molecule has 1 atom stereocenters. The Labute approximate surface area is 118 Å². The third-order valence-electron chi connectivity index (χ3n) is 3.69.